The molecule has 0 aliphatic rings. The summed E-state index contributed by atoms with van der Waals surface area (Å²) in [5.74, 6) is -1.45. The van der Waals surface area contributed by atoms with Gasteiger partial charge in [-0.15, -0.1) is 0 Å². The number of rotatable bonds is 3. The number of carboxylic acid groups (broad SMARTS) is 1. The summed E-state index contributed by atoms with van der Waals surface area (Å²) in [6, 6.07) is 9.90. The Morgan fingerprint density at radius 1 is 1.10 bits per heavy atom. The third kappa shape index (κ3) is 3.51. The number of hydrogen-bond acceptors (Lipinski definition) is 2. The molecule has 2 N–H and O–H groups in total. The lowest BCUT2D eigenvalue weighted by Crippen LogP contribution is -2.16. The number of carbonyl (C=O) groups is 2. The second kappa shape index (κ2) is 6.41. The molecule has 0 aromatic heterocycles. The van der Waals surface area contributed by atoms with Crippen LogP contribution in [0.3, 0.4) is 0 Å². The number of aromatic carboxylic acids is 1. The highest BCUT2D eigenvalue weighted by Crippen LogP contribution is 2.24. The zero-order valence-electron chi connectivity index (χ0n) is 11.0. The normalized spacial score (nSPS) is 10.2. The Labute approximate surface area is 138 Å². The molecule has 0 aliphatic heterocycles. The number of amides is 1. The molecule has 4 nitrogen and oxygen atoms in total. The molecule has 21 heavy (non-hydrogen) atoms. The molecule has 0 radical (unpaired) electrons. The van der Waals surface area contributed by atoms with Crippen LogP contribution >= 0.6 is 31.9 Å². The minimum atomic E-state index is -1.09. The van der Waals surface area contributed by atoms with Crippen LogP contribution in [-0.2, 0) is 0 Å². The van der Waals surface area contributed by atoms with Crippen molar-refractivity contribution in [2.75, 3.05) is 5.32 Å². The second-order valence-corrected chi connectivity index (χ2v) is 6.13. The molecule has 0 unspecified atom stereocenters. The predicted molar refractivity (Wildman–Crippen MR) is 87.9 cm³/mol. The minimum Gasteiger partial charge on any atom is -0.478 e. The van der Waals surface area contributed by atoms with E-state index in [0.29, 0.717) is 10.0 Å². The Morgan fingerprint density at radius 2 is 1.81 bits per heavy atom. The van der Waals surface area contributed by atoms with Gasteiger partial charge in [0, 0.05) is 14.5 Å². The van der Waals surface area contributed by atoms with E-state index in [9.17, 15) is 9.59 Å². The fourth-order valence-electron chi connectivity index (χ4n) is 1.85. The summed E-state index contributed by atoms with van der Waals surface area (Å²) in [7, 11) is 0. The lowest BCUT2D eigenvalue weighted by molar-refractivity contribution is 0.0698. The van der Waals surface area contributed by atoms with Crippen LogP contribution in [0.2, 0.25) is 0 Å². The number of anilines is 1. The first kappa shape index (κ1) is 15.7. The SMILES string of the molecule is Cc1c(Br)cccc1C(=O)Nc1cc(Br)ccc1C(=O)O. The highest BCUT2D eigenvalue weighted by Gasteiger charge is 2.16. The van der Waals surface area contributed by atoms with Gasteiger partial charge in [0.05, 0.1) is 11.3 Å². The Balaban J connectivity index is 2.38. The zero-order chi connectivity index (χ0) is 15.6. The Hall–Kier alpha value is -1.66. The molecule has 2 aromatic carbocycles. The Morgan fingerprint density at radius 3 is 2.48 bits per heavy atom. The fourth-order valence-corrected chi connectivity index (χ4v) is 2.58. The number of halogens is 2. The predicted octanol–water partition coefficient (Wildman–Crippen LogP) is 4.47. The van der Waals surface area contributed by atoms with Crippen molar-refractivity contribution >= 4 is 49.4 Å². The summed E-state index contributed by atoms with van der Waals surface area (Å²) >= 11 is 6.63. The fraction of sp³-hybridized carbons (Fsp3) is 0.0667. The van der Waals surface area contributed by atoms with Crippen molar-refractivity contribution in [3.63, 3.8) is 0 Å². The van der Waals surface area contributed by atoms with Gasteiger partial charge >= 0.3 is 5.97 Å². The first-order valence-electron chi connectivity index (χ1n) is 5.99. The average molecular weight is 413 g/mol. The Kier molecular flexibility index (Phi) is 4.80. The molecule has 0 heterocycles. The molecular weight excluding hydrogens is 402 g/mol. The summed E-state index contributed by atoms with van der Waals surface area (Å²) in [6.45, 7) is 1.82. The van der Waals surface area contributed by atoms with Gasteiger partial charge in [-0.05, 0) is 42.8 Å². The second-order valence-electron chi connectivity index (χ2n) is 4.36. The quantitative estimate of drug-likeness (QED) is 0.781. The number of benzene rings is 2. The molecule has 0 saturated carbocycles. The van der Waals surface area contributed by atoms with E-state index in [1.807, 2.05) is 13.0 Å². The highest BCUT2D eigenvalue weighted by molar-refractivity contribution is 9.10. The molecule has 2 aromatic rings. The number of carboxylic acids is 1. The van der Waals surface area contributed by atoms with Gasteiger partial charge < -0.3 is 10.4 Å². The average Bonchev–Trinajstić information content (AvgIpc) is 2.41. The van der Waals surface area contributed by atoms with Crippen molar-refractivity contribution in [1.82, 2.24) is 0 Å². The molecular formula is C15H11Br2NO3. The van der Waals surface area contributed by atoms with Gasteiger partial charge in [-0.1, -0.05) is 37.9 Å². The topological polar surface area (TPSA) is 66.4 Å². The molecule has 2 rings (SSSR count). The van der Waals surface area contributed by atoms with E-state index in [0.717, 1.165) is 10.0 Å². The van der Waals surface area contributed by atoms with Gasteiger partial charge in [0.1, 0.15) is 0 Å². The van der Waals surface area contributed by atoms with E-state index in [4.69, 9.17) is 5.11 Å². The van der Waals surface area contributed by atoms with E-state index in [1.165, 1.54) is 6.07 Å². The number of carbonyl (C=O) groups excluding carboxylic acids is 1. The van der Waals surface area contributed by atoms with Gasteiger partial charge in [-0.25, -0.2) is 4.79 Å². The maximum atomic E-state index is 12.3. The summed E-state index contributed by atoms with van der Waals surface area (Å²) in [4.78, 5) is 23.5. The van der Waals surface area contributed by atoms with Gasteiger partial charge in [-0.2, -0.15) is 0 Å². The van der Waals surface area contributed by atoms with Crippen molar-refractivity contribution in [2.24, 2.45) is 0 Å². The molecule has 0 fully saturated rings. The summed E-state index contributed by atoms with van der Waals surface area (Å²) < 4.78 is 1.51. The van der Waals surface area contributed by atoms with Crippen molar-refractivity contribution in [1.29, 1.82) is 0 Å². The van der Waals surface area contributed by atoms with Crippen LogP contribution in [0.5, 0.6) is 0 Å². The van der Waals surface area contributed by atoms with Crippen LogP contribution in [-0.4, -0.2) is 17.0 Å². The van der Waals surface area contributed by atoms with Gasteiger partial charge in [0.2, 0.25) is 0 Å². The van der Waals surface area contributed by atoms with Gasteiger partial charge in [-0.3, -0.25) is 4.79 Å². The van der Waals surface area contributed by atoms with Gasteiger partial charge in [0.25, 0.3) is 5.91 Å². The number of nitrogens with one attached hydrogen (secondary N) is 1. The molecule has 6 heteroatoms. The maximum Gasteiger partial charge on any atom is 0.337 e. The van der Waals surface area contributed by atoms with Crippen LogP contribution in [0.15, 0.2) is 45.3 Å². The largest absolute Gasteiger partial charge is 0.478 e. The first-order valence-corrected chi connectivity index (χ1v) is 7.58. The molecule has 0 spiro atoms. The summed E-state index contributed by atoms with van der Waals surface area (Å²) in [6.07, 6.45) is 0. The molecule has 108 valence electrons. The van der Waals surface area contributed by atoms with E-state index in [1.54, 1.807) is 24.3 Å². The third-order valence-electron chi connectivity index (χ3n) is 2.97. The van der Waals surface area contributed by atoms with Crippen molar-refractivity contribution in [3.8, 4) is 0 Å². The van der Waals surface area contributed by atoms with E-state index in [-0.39, 0.29) is 17.2 Å². The molecule has 1 amide bonds. The number of hydrogen-bond donors (Lipinski definition) is 2. The van der Waals surface area contributed by atoms with E-state index >= 15 is 0 Å². The van der Waals surface area contributed by atoms with Crippen LogP contribution in [0.25, 0.3) is 0 Å². The molecule has 0 atom stereocenters. The van der Waals surface area contributed by atoms with Crippen LogP contribution in [0.4, 0.5) is 5.69 Å². The maximum absolute atomic E-state index is 12.3. The van der Waals surface area contributed by atoms with Gasteiger partial charge in [0.15, 0.2) is 0 Å². The smallest absolute Gasteiger partial charge is 0.337 e. The van der Waals surface area contributed by atoms with E-state index < -0.39 is 5.97 Å². The first-order chi connectivity index (χ1) is 9.90. The molecule has 0 saturated heterocycles. The third-order valence-corrected chi connectivity index (χ3v) is 4.32. The van der Waals surface area contributed by atoms with Crippen LogP contribution in [0.1, 0.15) is 26.3 Å². The highest BCUT2D eigenvalue weighted by atomic mass is 79.9. The summed E-state index contributed by atoms with van der Waals surface area (Å²) in [5.41, 5.74) is 1.57. The van der Waals surface area contributed by atoms with Crippen molar-refractivity contribution in [2.45, 2.75) is 6.92 Å². The lowest BCUT2D eigenvalue weighted by atomic mass is 10.1. The monoisotopic (exact) mass is 411 g/mol. The summed E-state index contributed by atoms with van der Waals surface area (Å²) in [5, 5.41) is 11.8. The van der Waals surface area contributed by atoms with Crippen molar-refractivity contribution < 1.29 is 14.7 Å². The lowest BCUT2D eigenvalue weighted by Gasteiger charge is -2.11. The van der Waals surface area contributed by atoms with Crippen LogP contribution in [0, 0.1) is 6.92 Å². The molecule has 0 aliphatic carbocycles. The van der Waals surface area contributed by atoms with E-state index in [2.05, 4.69) is 37.2 Å². The molecule has 0 bridgehead atoms. The minimum absolute atomic E-state index is 0.0409. The standard InChI is InChI=1S/C15H11Br2NO3/c1-8-10(3-2-4-12(8)17)14(19)18-13-7-9(16)5-6-11(13)15(20)21/h2-7H,1H3,(H,18,19)(H,20,21). The Bertz CT molecular complexity index is 729. The van der Waals surface area contributed by atoms with Crippen LogP contribution < -0.4 is 5.32 Å². The zero-order valence-corrected chi connectivity index (χ0v) is 14.2. The van der Waals surface area contributed by atoms with Crippen molar-refractivity contribution in [3.05, 3.63) is 62.0 Å².